The smallest absolute Gasteiger partial charge is 0.257 e. The first kappa shape index (κ1) is 22.7. The van der Waals surface area contributed by atoms with Crippen molar-refractivity contribution >= 4 is 55.0 Å². The molecule has 0 bridgehead atoms. The number of nitrogens with zero attached hydrogens (tertiary/aromatic N) is 2. The van der Waals surface area contributed by atoms with Crippen molar-refractivity contribution in [3.05, 3.63) is 52.5 Å². The van der Waals surface area contributed by atoms with Crippen LogP contribution in [0.3, 0.4) is 0 Å². The number of amides is 2. The van der Waals surface area contributed by atoms with Crippen LogP contribution in [0.2, 0.25) is 0 Å². The summed E-state index contributed by atoms with van der Waals surface area (Å²) in [5.41, 5.74) is 1.99. The molecule has 1 atom stereocenters. The van der Waals surface area contributed by atoms with Crippen LogP contribution in [0, 0.1) is 0 Å². The van der Waals surface area contributed by atoms with Gasteiger partial charge in [0.25, 0.3) is 5.91 Å². The molecule has 2 aromatic heterocycles. The highest BCUT2D eigenvalue weighted by Crippen LogP contribution is 2.39. The lowest BCUT2D eigenvalue weighted by molar-refractivity contribution is -0.117. The third kappa shape index (κ3) is 4.35. The molecule has 2 amide bonds. The van der Waals surface area contributed by atoms with Gasteiger partial charge in [0, 0.05) is 10.4 Å². The normalized spacial score (nSPS) is 16.0. The Labute approximate surface area is 214 Å². The van der Waals surface area contributed by atoms with E-state index in [1.54, 1.807) is 18.2 Å². The second-order valence-corrected chi connectivity index (χ2v) is 10.5. The summed E-state index contributed by atoms with van der Waals surface area (Å²) < 4.78 is 17.2. The Morgan fingerprint density at radius 2 is 1.92 bits per heavy atom. The molecule has 1 unspecified atom stereocenters. The number of rotatable bonds is 6. The molecule has 0 radical (unpaired) electrons. The molecule has 11 heteroatoms. The molecule has 6 rings (SSSR count). The summed E-state index contributed by atoms with van der Waals surface area (Å²) in [5.74, 6) is 1.11. The second-order valence-electron chi connectivity index (χ2n) is 8.37. The molecule has 2 aliphatic rings. The Balaban J connectivity index is 1.17. The van der Waals surface area contributed by atoms with E-state index in [2.05, 4.69) is 20.6 Å². The summed E-state index contributed by atoms with van der Waals surface area (Å²) in [7, 11) is 0. The van der Waals surface area contributed by atoms with Gasteiger partial charge in [0.05, 0.1) is 28.4 Å². The van der Waals surface area contributed by atoms with Crippen molar-refractivity contribution in [1.29, 1.82) is 0 Å². The zero-order chi connectivity index (χ0) is 24.6. The van der Waals surface area contributed by atoms with Crippen molar-refractivity contribution in [3.8, 4) is 17.2 Å². The Morgan fingerprint density at radius 1 is 1.06 bits per heavy atom. The van der Waals surface area contributed by atoms with E-state index in [-0.39, 0.29) is 18.6 Å². The van der Waals surface area contributed by atoms with Crippen LogP contribution in [0.4, 0.5) is 10.3 Å². The van der Waals surface area contributed by atoms with Crippen LogP contribution in [0.15, 0.2) is 36.4 Å². The van der Waals surface area contributed by atoms with E-state index in [0.29, 0.717) is 40.4 Å². The van der Waals surface area contributed by atoms with Crippen molar-refractivity contribution in [3.63, 3.8) is 0 Å². The molecule has 4 aromatic rings. The number of fused-ring (bicyclic) bond motifs is 3. The first-order valence-electron chi connectivity index (χ1n) is 11.6. The van der Waals surface area contributed by atoms with Crippen molar-refractivity contribution in [2.45, 2.75) is 32.1 Å². The van der Waals surface area contributed by atoms with Crippen LogP contribution in [0.1, 0.15) is 46.6 Å². The van der Waals surface area contributed by atoms with Gasteiger partial charge in [-0.15, -0.1) is 11.3 Å². The number of carbonyl (C=O) groups is 2. The van der Waals surface area contributed by atoms with E-state index in [9.17, 15) is 9.59 Å². The van der Waals surface area contributed by atoms with Crippen LogP contribution in [0.5, 0.6) is 17.2 Å². The van der Waals surface area contributed by atoms with Gasteiger partial charge in [-0.05, 0) is 62.6 Å². The third-order valence-electron chi connectivity index (χ3n) is 6.03. The van der Waals surface area contributed by atoms with Gasteiger partial charge >= 0.3 is 0 Å². The number of hydrogen-bond acceptors (Lipinski definition) is 9. The van der Waals surface area contributed by atoms with Gasteiger partial charge in [-0.25, -0.2) is 9.97 Å². The quantitative estimate of drug-likeness (QED) is 0.358. The standard InChI is InChI=1S/C25H22N4O5S2/c1-2-32-14-7-8-16-20(11-14)36-24(26-16)29-23(31)15-4-3-5-19-21(15)27-25(35-19)28-22(30)13-6-9-17-18(10-13)34-12-33-17/h6-11,15H,2-5,12H2,1H3,(H,26,29,31)(H,27,28,30). The second kappa shape index (κ2) is 9.40. The van der Waals surface area contributed by atoms with Crippen molar-refractivity contribution in [1.82, 2.24) is 9.97 Å². The maximum Gasteiger partial charge on any atom is 0.257 e. The number of aryl methyl sites for hydroxylation is 1. The fourth-order valence-electron chi connectivity index (χ4n) is 4.34. The minimum Gasteiger partial charge on any atom is -0.494 e. The number of hydrogen-bond donors (Lipinski definition) is 2. The van der Waals surface area contributed by atoms with E-state index in [1.807, 2.05) is 25.1 Å². The minimum atomic E-state index is -0.396. The van der Waals surface area contributed by atoms with E-state index in [4.69, 9.17) is 14.2 Å². The number of ether oxygens (including phenoxy) is 3. The Morgan fingerprint density at radius 3 is 2.81 bits per heavy atom. The highest BCUT2D eigenvalue weighted by Gasteiger charge is 2.31. The lowest BCUT2D eigenvalue weighted by Crippen LogP contribution is -2.24. The predicted octanol–water partition coefficient (Wildman–Crippen LogP) is 5.19. The lowest BCUT2D eigenvalue weighted by atomic mass is 9.90. The molecule has 1 aliphatic carbocycles. The number of aromatic nitrogens is 2. The first-order valence-corrected chi connectivity index (χ1v) is 13.3. The van der Waals surface area contributed by atoms with Crippen LogP contribution in [0.25, 0.3) is 10.2 Å². The van der Waals surface area contributed by atoms with Gasteiger partial charge in [-0.2, -0.15) is 0 Å². The number of nitrogens with one attached hydrogen (secondary N) is 2. The van der Waals surface area contributed by atoms with Crippen LogP contribution in [-0.2, 0) is 11.2 Å². The molecule has 0 spiro atoms. The van der Waals surface area contributed by atoms with Gasteiger partial charge < -0.3 is 19.5 Å². The molecule has 0 saturated carbocycles. The zero-order valence-corrected chi connectivity index (χ0v) is 21.0. The number of thiazole rings is 2. The predicted molar refractivity (Wildman–Crippen MR) is 138 cm³/mol. The number of anilines is 2. The van der Waals surface area contributed by atoms with Gasteiger partial charge in [0.1, 0.15) is 5.75 Å². The lowest BCUT2D eigenvalue weighted by Gasteiger charge is -2.19. The van der Waals surface area contributed by atoms with E-state index >= 15 is 0 Å². The summed E-state index contributed by atoms with van der Waals surface area (Å²) in [6, 6.07) is 10.7. The maximum atomic E-state index is 13.2. The molecule has 36 heavy (non-hydrogen) atoms. The number of benzene rings is 2. The molecule has 3 heterocycles. The van der Waals surface area contributed by atoms with Gasteiger partial charge in [0.2, 0.25) is 12.7 Å². The Bertz CT molecular complexity index is 1480. The van der Waals surface area contributed by atoms with Crippen molar-refractivity contribution < 1.29 is 23.8 Å². The summed E-state index contributed by atoms with van der Waals surface area (Å²) in [5, 5.41) is 6.86. The summed E-state index contributed by atoms with van der Waals surface area (Å²) in [6.45, 7) is 2.67. The summed E-state index contributed by atoms with van der Waals surface area (Å²) in [4.78, 5) is 36.2. The maximum absolute atomic E-state index is 13.2. The molecule has 0 fully saturated rings. The van der Waals surface area contributed by atoms with Crippen molar-refractivity contribution in [2.75, 3.05) is 24.0 Å². The average Bonchev–Trinajstić information content (AvgIpc) is 3.60. The highest BCUT2D eigenvalue weighted by atomic mass is 32.1. The van der Waals surface area contributed by atoms with Crippen LogP contribution in [-0.4, -0.2) is 35.2 Å². The van der Waals surface area contributed by atoms with Gasteiger partial charge in [-0.3, -0.25) is 14.9 Å². The SMILES string of the molecule is CCOc1ccc2nc(NC(=O)C3CCCc4sc(NC(=O)c5ccc6c(c5)OCO6)nc43)sc2c1. The molecule has 0 saturated heterocycles. The first-order chi connectivity index (χ1) is 17.6. The molecule has 9 nitrogen and oxygen atoms in total. The Kier molecular flexibility index (Phi) is 5.94. The average molecular weight is 523 g/mol. The van der Waals surface area contributed by atoms with Gasteiger partial charge in [0.15, 0.2) is 21.8 Å². The molecular formula is C25H22N4O5S2. The summed E-state index contributed by atoms with van der Waals surface area (Å²) >= 11 is 2.83. The highest BCUT2D eigenvalue weighted by molar-refractivity contribution is 7.22. The monoisotopic (exact) mass is 522 g/mol. The van der Waals surface area contributed by atoms with Crippen LogP contribution >= 0.6 is 22.7 Å². The fourth-order valence-corrected chi connectivity index (χ4v) is 6.30. The fraction of sp³-hybridized carbons (Fsp3) is 0.280. The molecule has 2 aromatic carbocycles. The molecular weight excluding hydrogens is 500 g/mol. The zero-order valence-electron chi connectivity index (χ0n) is 19.3. The Hall–Kier alpha value is -3.70. The molecule has 2 N–H and O–H groups in total. The van der Waals surface area contributed by atoms with Crippen LogP contribution < -0.4 is 24.8 Å². The van der Waals surface area contributed by atoms with E-state index in [1.165, 1.54) is 22.7 Å². The van der Waals surface area contributed by atoms with Crippen molar-refractivity contribution in [2.24, 2.45) is 0 Å². The van der Waals surface area contributed by atoms with Gasteiger partial charge in [-0.1, -0.05) is 11.3 Å². The largest absolute Gasteiger partial charge is 0.494 e. The molecule has 184 valence electrons. The summed E-state index contributed by atoms with van der Waals surface area (Å²) in [6.07, 6.45) is 2.40. The van der Waals surface area contributed by atoms with E-state index in [0.717, 1.165) is 39.4 Å². The third-order valence-corrected chi connectivity index (χ3v) is 8.01. The number of carbonyl (C=O) groups excluding carboxylic acids is 2. The van der Waals surface area contributed by atoms with E-state index < -0.39 is 5.92 Å². The minimum absolute atomic E-state index is 0.140. The molecule has 1 aliphatic heterocycles. The topological polar surface area (TPSA) is 112 Å².